The van der Waals surface area contributed by atoms with Gasteiger partial charge in [0.05, 0.1) is 0 Å². The molecule has 0 amide bonds. The van der Waals surface area contributed by atoms with Crippen molar-refractivity contribution in [2.24, 2.45) is 5.41 Å². The summed E-state index contributed by atoms with van der Waals surface area (Å²) in [5, 5.41) is 0. The van der Waals surface area contributed by atoms with Crippen molar-refractivity contribution in [3.8, 4) is 0 Å². The minimum absolute atomic E-state index is 0.292. The van der Waals surface area contributed by atoms with Gasteiger partial charge in [0, 0.05) is 6.42 Å². The lowest BCUT2D eigenvalue weighted by Gasteiger charge is -2.23. The van der Waals surface area contributed by atoms with Gasteiger partial charge in [0.15, 0.2) is 0 Å². The molecule has 124 valence electrons. The van der Waals surface area contributed by atoms with Crippen molar-refractivity contribution >= 4 is 5.97 Å². The van der Waals surface area contributed by atoms with Crippen molar-refractivity contribution < 1.29 is 14.6 Å². The summed E-state index contributed by atoms with van der Waals surface area (Å²) in [7, 11) is 0. The van der Waals surface area contributed by atoms with E-state index in [-0.39, 0.29) is 5.97 Å². The minimum atomic E-state index is -0.636. The van der Waals surface area contributed by atoms with Gasteiger partial charge >= 0.3 is 5.97 Å². The third-order valence-corrected chi connectivity index (χ3v) is 3.62. The second-order valence-corrected chi connectivity index (χ2v) is 7.54. The van der Waals surface area contributed by atoms with Gasteiger partial charge in [-0.3, -0.25) is 4.89 Å². The molecule has 0 spiro atoms. The van der Waals surface area contributed by atoms with Gasteiger partial charge in [-0.05, 0) is 37.7 Å². The number of benzene rings is 1. The van der Waals surface area contributed by atoms with Gasteiger partial charge in [-0.1, -0.05) is 63.9 Å². The number of carbonyl (C=O) groups is 1. The van der Waals surface area contributed by atoms with E-state index >= 15 is 0 Å². The molecule has 3 nitrogen and oxygen atoms in total. The standard InChI is InChI=1S/C19H30O3/c1-18(2,3)15-11-7-10-14-17(20)21-22-19(4,5)16-12-8-6-9-13-16/h6,8-9,12-13H,7,10-11,14-15H2,1-5H3. The molecule has 3 heteroatoms. The fraction of sp³-hybridized carbons (Fsp3) is 0.632. The molecule has 0 fully saturated rings. The lowest BCUT2D eigenvalue weighted by Crippen LogP contribution is -2.23. The molecule has 1 rings (SSSR count). The van der Waals surface area contributed by atoms with Gasteiger partial charge in [-0.2, -0.15) is 4.89 Å². The van der Waals surface area contributed by atoms with E-state index in [9.17, 15) is 4.79 Å². The first kappa shape index (κ1) is 18.7. The lowest BCUT2D eigenvalue weighted by atomic mass is 9.89. The van der Waals surface area contributed by atoms with Gasteiger partial charge in [0.1, 0.15) is 5.60 Å². The molecule has 0 aromatic heterocycles. The van der Waals surface area contributed by atoms with Crippen LogP contribution in [0.3, 0.4) is 0 Å². The molecule has 0 heterocycles. The van der Waals surface area contributed by atoms with E-state index in [0.717, 1.165) is 24.8 Å². The van der Waals surface area contributed by atoms with Crippen LogP contribution in [-0.4, -0.2) is 5.97 Å². The zero-order chi connectivity index (χ0) is 16.6. The van der Waals surface area contributed by atoms with Crippen LogP contribution in [0.25, 0.3) is 0 Å². The summed E-state index contributed by atoms with van der Waals surface area (Å²) in [4.78, 5) is 22.0. The normalized spacial score (nSPS) is 12.2. The second-order valence-electron chi connectivity index (χ2n) is 7.54. The maximum Gasteiger partial charge on any atom is 0.342 e. The number of carbonyl (C=O) groups excluding carboxylic acids is 1. The van der Waals surface area contributed by atoms with Gasteiger partial charge in [0.2, 0.25) is 0 Å². The number of rotatable bonds is 8. The number of unbranched alkanes of at least 4 members (excludes halogenated alkanes) is 2. The minimum Gasteiger partial charge on any atom is -0.297 e. The van der Waals surface area contributed by atoms with Crippen molar-refractivity contribution in [2.45, 2.75) is 72.3 Å². The molecular weight excluding hydrogens is 276 g/mol. The number of hydrogen-bond acceptors (Lipinski definition) is 3. The average Bonchev–Trinajstić information content (AvgIpc) is 2.45. The van der Waals surface area contributed by atoms with E-state index in [4.69, 9.17) is 9.78 Å². The summed E-state index contributed by atoms with van der Waals surface area (Å²) in [6, 6.07) is 9.75. The molecule has 0 saturated carbocycles. The molecule has 0 aliphatic rings. The predicted molar refractivity (Wildman–Crippen MR) is 89.2 cm³/mol. The Hall–Kier alpha value is -1.35. The van der Waals surface area contributed by atoms with Crippen molar-refractivity contribution in [3.05, 3.63) is 35.9 Å². The highest BCUT2D eigenvalue weighted by atomic mass is 17.2. The molecule has 0 radical (unpaired) electrons. The average molecular weight is 306 g/mol. The molecule has 1 aromatic rings. The molecule has 0 bridgehead atoms. The van der Waals surface area contributed by atoms with Crippen molar-refractivity contribution in [3.63, 3.8) is 0 Å². The van der Waals surface area contributed by atoms with Crippen molar-refractivity contribution in [1.82, 2.24) is 0 Å². The predicted octanol–water partition coefficient (Wildman–Crippen LogP) is 5.39. The Labute approximate surface area is 134 Å². The van der Waals surface area contributed by atoms with Crippen LogP contribution in [-0.2, 0) is 20.2 Å². The Morgan fingerprint density at radius 1 is 0.955 bits per heavy atom. The third-order valence-electron chi connectivity index (χ3n) is 3.62. The molecule has 1 aromatic carbocycles. The van der Waals surface area contributed by atoms with Crippen LogP contribution in [0.2, 0.25) is 0 Å². The lowest BCUT2D eigenvalue weighted by molar-refractivity contribution is -0.329. The van der Waals surface area contributed by atoms with Crippen LogP contribution in [0.15, 0.2) is 30.3 Å². The largest absolute Gasteiger partial charge is 0.342 e. The first-order chi connectivity index (χ1) is 10.2. The van der Waals surface area contributed by atoms with E-state index in [2.05, 4.69) is 20.8 Å². The van der Waals surface area contributed by atoms with E-state index in [0.29, 0.717) is 11.8 Å². The smallest absolute Gasteiger partial charge is 0.297 e. The van der Waals surface area contributed by atoms with Crippen LogP contribution in [0.1, 0.15) is 72.3 Å². The highest BCUT2D eigenvalue weighted by Crippen LogP contribution is 2.25. The van der Waals surface area contributed by atoms with Crippen molar-refractivity contribution in [2.75, 3.05) is 0 Å². The number of hydrogen-bond donors (Lipinski definition) is 0. The van der Waals surface area contributed by atoms with Crippen LogP contribution in [0.5, 0.6) is 0 Å². The second kappa shape index (κ2) is 8.33. The summed E-state index contributed by atoms with van der Waals surface area (Å²) < 4.78 is 0. The highest BCUT2D eigenvalue weighted by molar-refractivity contribution is 5.68. The molecule has 0 unspecified atom stereocenters. The summed E-state index contributed by atoms with van der Waals surface area (Å²) in [6.45, 7) is 10.5. The molecule has 0 N–H and O–H groups in total. The Kier molecular flexibility index (Phi) is 7.08. The molecule has 0 saturated heterocycles. The first-order valence-electron chi connectivity index (χ1n) is 8.15. The van der Waals surface area contributed by atoms with Crippen molar-refractivity contribution in [1.29, 1.82) is 0 Å². The summed E-state index contributed by atoms with van der Waals surface area (Å²) >= 11 is 0. The highest BCUT2D eigenvalue weighted by Gasteiger charge is 2.24. The third kappa shape index (κ3) is 7.60. The van der Waals surface area contributed by atoms with Gasteiger partial charge in [0.25, 0.3) is 0 Å². The Morgan fingerprint density at radius 2 is 1.59 bits per heavy atom. The molecule has 0 aliphatic heterocycles. The van der Waals surface area contributed by atoms with Crippen LogP contribution in [0, 0.1) is 5.41 Å². The maximum atomic E-state index is 11.7. The van der Waals surface area contributed by atoms with Crippen LogP contribution >= 0.6 is 0 Å². The molecule has 0 aliphatic carbocycles. The topological polar surface area (TPSA) is 35.5 Å². The van der Waals surface area contributed by atoms with Gasteiger partial charge in [-0.15, -0.1) is 0 Å². The summed E-state index contributed by atoms with van der Waals surface area (Å²) in [5.74, 6) is -0.292. The van der Waals surface area contributed by atoms with Gasteiger partial charge in [-0.25, -0.2) is 4.79 Å². The van der Waals surface area contributed by atoms with E-state index in [1.807, 2.05) is 44.2 Å². The van der Waals surface area contributed by atoms with E-state index in [1.54, 1.807) is 0 Å². The van der Waals surface area contributed by atoms with Crippen LogP contribution < -0.4 is 0 Å². The molecule has 0 atom stereocenters. The quantitative estimate of drug-likeness (QED) is 0.367. The Bertz CT molecular complexity index is 443. The van der Waals surface area contributed by atoms with E-state index < -0.39 is 5.60 Å². The Morgan fingerprint density at radius 3 is 2.18 bits per heavy atom. The first-order valence-corrected chi connectivity index (χ1v) is 8.15. The SMILES string of the molecule is CC(C)(C)CCCCCC(=O)OOC(C)(C)c1ccccc1. The summed E-state index contributed by atoms with van der Waals surface area (Å²) in [5.41, 5.74) is 0.708. The van der Waals surface area contributed by atoms with E-state index in [1.165, 1.54) is 6.42 Å². The van der Waals surface area contributed by atoms with Crippen LogP contribution in [0.4, 0.5) is 0 Å². The zero-order valence-electron chi connectivity index (χ0n) is 14.6. The summed E-state index contributed by atoms with van der Waals surface area (Å²) in [6.07, 6.45) is 4.64. The fourth-order valence-electron chi connectivity index (χ4n) is 2.18. The maximum absolute atomic E-state index is 11.7. The molecular formula is C19H30O3. The monoisotopic (exact) mass is 306 g/mol. The Balaban J connectivity index is 2.23. The fourth-order valence-corrected chi connectivity index (χ4v) is 2.18. The molecule has 22 heavy (non-hydrogen) atoms. The zero-order valence-corrected chi connectivity index (χ0v) is 14.6. The van der Waals surface area contributed by atoms with Gasteiger partial charge < -0.3 is 0 Å².